The largest absolute Gasteiger partial charge is 0.469 e. The van der Waals surface area contributed by atoms with Crippen molar-refractivity contribution < 1.29 is 22.3 Å². The maximum atomic E-state index is 13.9. The molecule has 0 amide bonds. The Balaban J connectivity index is 1.61. The number of rotatable bonds is 12. The molecule has 1 aromatic heterocycles. The summed E-state index contributed by atoms with van der Waals surface area (Å²) in [5.74, 6) is -0.181. The van der Waals surface area contributed by atoms with Crippen molar-refractivity contribution in [1.82, 2.24) is 14.7 Å². The molecule has 0 saturated carbocycles. The van der Waals surface area contributed by atoms with E-state index in [0.717, 1.165) is 25.7 Å². The van der Waals surface area contributed by atoms with Crippen molar-refractivity contribution in [2.75, 3.05) is 13.7 Å². The van der Waals surface area contributed by atoms with Crippen molar-refractivity contribution >= 4 is 43.5 Å². The summed E-state index contributed by atoms with van der Waals surface area (Å²) in [7, 11) is -2.46. The lowest BCUT2D eigenvalue weighted by atomic mass is 10.1. The number of nitrogens with one attached hydrogen (secondary N) is 2. The Morgan fingerprint density at radius 3 is 2.57 bits per heavy atom. The number of sulfonamides is 1. The Bertz CT molecular complexity index is 1280. The van der Waals surface area contributed by atoms with Crippen LogP contribution in [0.4, 0.5) is 4.39 Å². The highest BCUT2D eigenvalue weighted by Gasteiger charge is 2.19. The van der Waals surface area contributed by atoms with Crippen molar-refractivity contribution in [3.63, 3.8) is 0 Å². The molecule has 0 bridgehead atoms. The topological polar surface area (TPSA) is 101 Å². The quantitative estimate of drug-likeness (QED) is 0.198. The van der Waals surface area contributed by atoms with Crippen molar-refractivity contribution in [3.8, 4) is 22.6 Å². The number of imidazole rings is 1. The minimum Gasteiger partial charge on any atom is -0.469 e. The van der Waals surface area contributed by atoms with Crippen molar-refractivity contribution in [1.29, 1.82) is 0 Å². The first-order valence-corrected chi connectivity index (χ1v) is 13.7. The predicted octanol–water partition coefficient (Wildman–Crippen LogP) is 6.09. The molecular weight excluding hydrogens is 561 g/mol. The van der Waals surface area contributed by atoms with Gasteiger partial charge in [-0.3, -0.25) is 4.79 Å². The fourth-order valence-electron chi connectivity index (χ4n) is 3.45. The van der Waals surface area contributed by atoms with Gasteiger partial charge in [0.2, 0.25) is 10.0 Å². The van der Waals surface area contributed by atoms with Gasteiger partial charge in [-0.05, 0) is 59.1 Å². The van der Waals surface area contributed by atoms with E-state index in [0.29, 0.717) is 40.0 Å². The number of methoxy groups -OCH3 is 1. The fraction of sp³-hybridized carbons (Fsp3) is 0.333. The smallest absolute Gasteiger partial charge is 0.305 e. The van der Waals surface area contributed by atoms with Gasteiger partial charge in [0.25, 0.3) is 0 Å². The van der Waals surface area contributed by atoms with Crippen LogP contribution in [0.1, 0.15) is 38.5 Å². The highest BCUT2D eigenvalue weighted by atomic mass is 79.9. The van der Waals surface area contributed by atoms with E-state index >= 15 is 0 Å². The molecule has 188 valence electrons. The maximum Gasteiger partial charge on any atom is 0.305 e. The van der Waals surface area contributed by atoms with Crippen molar-refractivity contribution in [2.24, 2.45) is 0 Å². The summed E-state index contributed by atoms with van der Waals surface area (Å²) >= 11 is 9.33. The highest BCUT2D eigenvalue weighted by Crippen LogP contribution is 2.29. The van der Waals surface area contributed by atoms with Crippen molar-refractivity contribution in [2.45, 2.75) is 43.4 Å². The average Bonchev–Trinajstić information content (AvgIpc) is 3.32. The molecule has 0 saturated heterocycles. The third-order valence-electron chi connectivity index (χ3n) is 5.38. The number of carbonyl (C=O) groups excluding carboxylic acids is 1. The van der Waals surface area contributed by atoms with Gasteiger partial charge in [-0.1, -0.05) is 36.9 Å². The fourth-order valence-corrected chi connectivity index (χ4v) is 5.29. The van der Waals surface area contributed by atoms with Crippen LogP contribution in [0.3, 0.4) is 0 Å². The Hall–Kier alpha value is -2.27. The summed E-state index contributed by atoms with van der Waals surface area (Å²) in [4.78, 5) is 18.5. The van der Waals surface area contributed by atoms with E-state index in [9.17, 15) is 17.6 Å². The highest BCUT2D eigenvalue weighted by molar-refractivity contribution is 9.10. The zero-order chi connectivity index (χ0) is 25.4. The average molecular weight is 587 g/mol. The van der Waals surface area contributed by atoms with Crippen LogP contribution in [0.2, 0.25) is 5.02 Å². The number of nitrogens with zero attached hydrogens (tertiary/aromatic N) is 1. The molecule has 0 aliphatic rings. The molecule has 0 unspecified atom stereocenters. The van der Waals surface area contributed by atoms with Gasteiger partial charge in [0.1, 0.15) is 16.5 Å². The van der Waals surface area contributed by atoms with Gasteiger partial charge >= 0.3 is 5.97 Å². The number of aromatic amines is 1. The van der Waals surface area contributed by atoms with Crippen LogP contribution >= 0.6 is 27.5 Å². The molecule has 3 rings (SSSR count). The summed E-state index contributed by atoms with van der Waals surface area (Å²) < 4.78 is 47.1. The van der Waals surface area contributed by atoms with Crippen LogP contribution in [-0.4, -0.2) is 38.0 Å². The number of carbonyl (C=O) groups is 1. The van der Waals surface area contributed by atoms with Crippen LogP contribution < -0.4 is 4.72 Å². The number of unbranched alkanes of at least 4 members (excludes halogenated alkanes) is 4. The zero-order valence-corrected chi connectivity index (χ0v) is 22.3. The maximum absolute atomic E-state index is 13.9. The lowest BCUT2D eigenvalue weighted by Crippen LogP contribution is -2.25. The summed E-state index contributed by atoms with van der Waals surface area (Å²) in [5, 5.41) is 0.103. The van der Waals surface area contributed by atoms with Gasteiger partial charge in [-0.15, -0.1) is 0 Å². The number of esters is 1. The first-order chi connectivity index (χ1) is 16.7. The molecule has 35 heavy (non-hydrogen) atoms. The molecule has 0 spiro atoms. The SMILES string of the molecule is COC(=O)CCCCCCCNS(=O)(=O)c1cc(-c2ncc(-c3ccc(Br)c(F)c3)[nH]2)ccc1Cl. The van der Waals surface area contributed by atoms with E-state index in [4.69, 9.17) is 11.6 Å². The molecule has 0 atom stereocenters. The van der Waals surface area contributed by atoms with Crippen LogP contribution in [-0.2, 0) is 19.6 Å². The Labute approximate surface area is 217 Å². The van der Waals surface area contributed by atoms with Gasteiger partial charge < -0.3 is 9.72 Å². The van der Waals surface area contributed by atoms with Crippen LogP contribution in [0.5, 0.6) is 0 Å². The number of hydrogen-bond donors (Lipinski definition) is 2. The lowest BCUT2D eigenvalue weighted by Gasteiger charge is -2.10. The van der Waals surface area contributed by atoms with E-state index in [1.807, 2.05) is 0 Å². The zero-order valence-electron chi connectivity index (χ0n) is 19.1. The van der Waals surface area contributed by atoms with Crippen LogP contribution in [0.15, 0.2) is 52.0 Å². The van der Waals surface area contributed by atoms with Crippen molar-refractivity contribution in [3.05, 3.63) is 57.9 Å². The summed E-state index contributed by atoms with van der Waals surface area (Å²) in [5.41, 5.74) is 1.73. The molecule has 0 radical (unpaired) electrons. The first-order valence-electron chi connectivity index (χ1n) is 11.1. The minimum absolute atomic E-state index is 0.0395. The normalized spacial score (nSPS) is 11.5. The van der Waals surface area contributed by atoms with Gasteiger partial charge in [0.15, 0.2) is 0 Å². The number of ether oxygens (including phenoxy) is 1. The third kappa shape index (κ3) is 7.60. The second-order valence-electron chi connectivity index (χ2n) is 7.91. The molecule has 2 aromatic carbocycles. The molecule has 0 fully saturated rings. The number of aromatic nitrogens is 2. The van der Waals surface area contributed by atoms with E-state index in [-0.39, 0.29) is 22.4 Å². The number of benzene rings is 2. The third-order valence-corrected chi connectivity index (χ3v) is 7.96. The predicted molar refractivity (Wildman–Crippen MR) is 137 cm³/mol. The molecule has 7 nitrogen and oxygen atoms in total. The lowest BCUT2D eigenvalue weighted by molar-refractivity contribution is -0.140. The number of halogens is 3. The monoisotopic (exact) mass is 585 g/mol. The number of hydrogen-bond acceptors (Lipinski definition) is 5. The van der Waals surface area contributed by atoms with E-state index in [2.05, 4.69) is 35.4 Å². The molecule has 0 aliphatic heterocycles. The van der Waals surface area contributed by atoms with Gasteiger partial charge in [-0.2, -0.15) is 0 Å². The molecule has 3 aromatic rings. The van der Waals surface area contributed by atoms with E-state index < -0.39 is 15.8 Å². The first kappa shape index (κ1) is 27.3. The Kier molecular flexibility index (Phi) is 9.85. The molecule has 11 heteroatoms. The second-order valence-corrected chi connectivity index (χ2v) is 10.9. The summed E-state index contributed by atoms with van der Waals surface area (Å²) in [6.07, 6.45) is 6.00. The van der Waals surface area contributed by atoms with E-state index in [1.54, 1.807) is 24.4 Å². The molecule has 1 heterocycles. The van der Waals surface area contributed by atoms with E-state index in [1.165, 1.54) is 25.3 Å². The standard InChI is InChI=1S/C24H26BrClFN3O4S/c1-34-23(31)7-5-3-2-4-6-12-29-35(32,33)22-14-17(9-11-19(22)26)24-28-15-21(30-24)16-8-10-18(25)20(27)13-16/h8-11,13-15,29H,2-7,12H2,1H3,(H,28,30). The molecule has 0 aliphatic carbocycles. The van der Waals surface area contributed by atoms with Gasteiger partial charge in [0, 0.05) is 24.1 Å². The molecule has 2 N–H and O–H groups in total. The van der Waals surface area contributed by atoms with Gasteiger partial charge in [-0.25, -0.2) is 22.5 Å². The van der Waals surface area contributed by atoms with Crippen LogP contribution in [0, 0.1) is 5.82 Å². The number of H-pyrrole nitrogens is 1. The molecular formula is C24H26BrClFN3O4S. The summed E-state index contributed by atoms with van der Waals surface area (Å²) in [6, 6.07) is 9.36. The Morgan fingerprint density at radius 2 is 1.83 bits per heavy atom. The Morgan fingerprint density at radius 1 is 1.11 bits per heavy atom. The van der Waals surface area contributed by atoms with Crippen LogP contribution in [0.25, 0.3) is 22.6 Å². The van der Waals surface area contributed by atoms with Gasteiger partial charge in [0.05, 0.1) is 28.5 Å². The minimum atomic E-state index is -3.83. The second kappa shape index (κ2) is 12.6. The summed E-state index contributed by atoms with van der Waals surface area (Å²) in [6.45, 7) is 0.278.